The molecule has 0 fully saturated rings. The molecule has 1 unspecified atom stereocenters. The summed E-state index contributed by atoms with van der Waals surface area (Å²) in [5, 5.41) is 3.56. The lowest BCUT2D eigenvalue weighted by Crippen LogP contribution is -2.18. The summed E-state index contributed by atoms with van der Waals surface area (Å²) in [4.78, 5) is 0. The molecule has 0 saturated carbocycles. The van der Waals surface area contributed by atoms with Gasteiger partial charge in [0, 0.05) is 10.5 Å². The van der Waals surface area contributed by atoms with Gasteiger partial charge in [-0.25, -0.2) is 0 Å². The Labute approximate surface area is 123 Å². The van der Waals surface area contributed by atoms with Gasteiger partial charge in [0.05, 0.1) is 0 Å². The predicted octanol–water partition coefficient (Wildman–Crippen LogP) is 4.71. The fourth-order valence-corrected chi connectivity index (χ4v) is 3.45. The van der Waals surface area contributed by atoms with Crippen molar-refractivity contribution in [2.24, 2.45) is 0 Å². The molecule has 0 bridgehead atoms. The summed E-state index contributed by atoms with van der Waals surface area (Å²) < 4.78 is 1.16. The van der Waals surface area contributed by atoms with Gasteiger partial charge in [-0.2, -0.15) is 0 Å². The summed E-state index contributed by atoms with van der Waals surface area (Å²) in [6, 6.07) is 15.9. The van der Waals surface area contributed by atoms with Crippen molar-refractivity contribution in [3.05, 3.63) is 58.1 Å². The van der Waals surface area contributed by atoms with Gasteiger partial charge in [-0.05, 0) is 47.7 Å². The number of benzene rings is 2. The largest absolute Gasteiger partial charge is 0.310 e. The van der Waals surface area contributed by atoms with Crippen molar-refractivity contribution in [2.75, 3.05) is 6.54 Å². The second-order valence-electron chi connectivity index (χ2n) is 5.04. The number of fused-ring (bicyclic) bond motifs is 1. The molecule has 0 aromatic heterocycles. The summed E-state index contributed by atoms with van der Waals surface area (Å²) >= 11 is 3.64. The van der Waals surface area contributed by atoms with Gasteiger partial charge in [-0.3, -0.25) is 0 Å². The van der Waals surface area contributed by atoms with Crippen molar-refractivity contribution >= 4 is 15.9 Å². The summed E-state index contributed by atoms with van der Waals surface area (Å²) in [5.41, 5.74) is 5.57. The highest BCUT2D eigenvalue weighted by atomic mass is 79.9. The third-order valence-electron chi connectivity index (χ3n) is 3.86. The maximum Gasteiger partial charge on any atom is 0.0326 e. The highest BCUT2D eigenvalue weighted by Crippen LogP contribution is 2.35. The van der Waals surface area contributed by atoms with Crippen LogP contribution in [0.25, 0.3) is 11.1 Å². The number of hydrogen-bond donors (Lipinski definition) is 1. The average molecular weight is 316 g/mol. The van der Waals surface area contributed by atoms with Crippen molar-refractivity contribution in [2.45, 2.75) is 25.8 Å². The zero-order chi connectivity index (χ0) is 13.2. The van der Waals surface area contributed by atoms with Crippen LogP contribution in [0.3, 0.4) is 0 Å². The van der Waals surface area contributed by atoms with E-state index in [0.717, 1.165) is 11.0 Å². The van der Waals surface area contributed by atoms with E-state index in [0.29, 0.717) is 6.04 Å². The molecule has 98 valence electrons. The topological polar surface area (TPSA) is 12.0 Å². The Bertz CT molecular complexity index is 592. The summed E-state index contributed by atoms with van der Waals surface area (Å²) in [6.45, 7) is 3.21. The van der Waals surface area contributed by atoms with Gasteiger partial charge in [0.25, 0.3) is 0 Å². The van der Waals surface area contributed by atoms with Crippen LogP contribution < -0.4 is 5.32 Å². The van der Waals surface area contributed by atoms with E-state index in [1.165, 1.54) is 35.1 Å². The van der Waals surface area contributed by atoms with E-state index in [2.05, 4.69) is 70.6 Å². The van der Waals surface area contributed by atoms with E-state index in [-0.39, 0.29) is 0 Å². The molecule has 0 radical (unpaired) electrons. The Kier molecular flexibility index (Phi) is 3.72. The van der Waals surface area contributed by atoms with Crippen molar-refractivity contribution in [1.82, 2.24) is 5.32 Å². The maximum absolute atomic E-state index is 3.64. The number of hydrogen-bond acceptors (Lipinski definition) is 1. The zero-order valence-electron chi connectivity index (χ0n) is 11.1. The standard InChI is InChI=1S/C17H18BrN/c1-2-19-17-10-8-13-11-12(7-9-15(13)17)14-5-3-4-6-16(14)18/h3-7,9,11,17,19H,2,8,10H2,1H3. The molecule has 2 heteroatoms. The molecule has 1 N–H and O–H groups in total. The fraction of sp³-hybridized carbons (Fsp3) is 0.294. The number of nitrogens with one attached hydrogen (secondary N) is 1. The quantitative estimate of drug-likeness (QED) is 0.864. The van der Waals surface area contributed by atoms with Crippen LogP contribution in [0, 0.1) is 0 Å². The Morgan fingerprint density at radius 1 is 1.21 bits per heavy atom. The second kappa shape index (κ2) is 5.48. The number of rotatable bonds is 3. The molecule has 2 aromatic rings. The van der Waals surface area contributed by atoms with Gasteiger partial charge in [0.15, 0.2) is 0 Å². The molecule has 0 heterocycles. The van der Waals surface area contributed by atoms with Crippen LogP contribution in [0.4, 0.5) is 0 Å². The summed E-state index contributed by atoms with van der Waals surface area (Å²) in [7, 11) is 0. The number of aryl methyl sites for hydroxylation is 1. The van der Waals surface area contributed by atoms with E-state index < -0.39 is 0 Å². The Morgan fingerprint density at radius 2 is 2.05 bits per heavy atom. The van der Waals surface area contributed by atoms with Gasteiger partial charge in [-0.1, -0.05) is 59.3 Å². The van der Waals surface area contributed by atoms with E-state index >= 15 is 0 Å². The molecule has 1 atom stereocenters. The minimum atomic E-state index is 0.549. The van der Waals surface area contributed by atoms with Crippen LogP contribution in [0.1, 0.15) is 30.5 Å². The maximum atomic E-state index is 3.64. The van der Waals surface area contributed by atoms with Crippen molar-refractivity contribution < 1.29 is 0 Å². The second-order valence-corrected chi connectivity index (χ2v) is 5.90. The van der Waals surface area contributed by atoms with Gasteiger partial charge in [-0.15, -0.1) is 0 Å². The zero-order valence-corrected chi connectivity index (χ0v) is 12.7. The molecule has 1 nitrogen and oxygen atoms in total. The predicted molar refractivity (Wildman–Crippen MR) is 84.3 cm³/mol. The lowest BCUT2D eigenvalue weighted by molar-refractivity contribution is 0.549. The van der Waals surface area contributed by atoms with Crippen LogP contribution in [0.5, 0.6) is 0 Å². The lowest BCUT2D eigenvalue weighted by Gasteiger charge is -2.13. The van der Waals surface area contributed by atoms with Crippen molar-refractivity contribution in [1.29, 1.82) is 0 Å². The van der Waals surface area contributed by atoms with Crippen LogP contribution in [0.15, 0.2) is 46.9 Å². The molecular weight excluding hydrogens is 298 g/mol. The molecule has 1 aliphatic carbocycles. The third-order valence-corrected chi connectivity index (χ3v) is 4.55. The smallest absolute Gasteiger partial charge is 0.0326 e. The fourth-order valence-electron chi connectivity index (χ4n) is 2.94. The first-order valence-corrected chi connectivity index (χ1v) is 7.70. The average Bonchev–Trinajstić information content (AvgIpc) is 2.82. The van der Waals surface area contributed by atoms with E-state index in [9.17, 15) is 0 Å². The minimum Gasteiger partial charge on any atom is -0.310 e. The first-order chi connectivity index (χ1) is 9.29. The lowest BCUT2D eigenvalue weighted by atomic mass is 10.00. The first-order valence-electron chi connectivity index (χ1n) is 6.90. The summed E-state index contributed by atoms with van der Waals surface area (Å²) in [5.74, 6) is 0. The van der Waals surface area contributed by atoms with Crippen LogP contribution in [-0.4, -0.2) is 6.54 Å². The van der Waals surface area contributed by atoms with Gasteiger partial charge >= 0.3 is 0 Å². The monoisotopic (exact) mass is 315 g/mol. The normalized spacial score (nSPS) is 17.5. The van der Waals surface area contributed by atoms with E-state index in [4.69, 9.17) is 0 Å². The molecule has 0 saturated heterocycles. The molecule has 0 amide bonds. The third kappa shape index (κ3) is 2.47. The molecule has 19 heavy (non-hydrogen) atoms. The van der Waals surface area contributed by atoms with Crippen molar-refractivity contribution in [3.8, 4) is 11.1 Å². The Balaban J connectivity index is 1.98. The van der Waals surface area contributed by atoms with Crippen LogP contribution in [-0.2, 0) is 6.42 Å². The Hall–Kier alpha value is -1.12. The van der Waals surface area contributed by atoms with E-state index in [1.54, 1.807) is 0 Å². The highest BCUT2D eigenvalue weighted by Gasteiger charge is 2.21. The van der Waals surface area contributed by atoms with Crippen LogP contribution >= 0.6 is 15.9 Å². The Morgan fingerprint density at radius 3 is 2.84 bits per heavy atom. The highest BCUT2D eigenvalue weighted by molar-refractivity contribution is 9.10. The molecule has 1 aliphatic rings. The van der Waals surface area contributed by atoms with Crippen LogP contribution in [0.2, 0.25) is 0 Å². The van der Waals surface area contributed by atoms with Gasteiger partial charge in [0.1, 0.15) is 0 Å². The summed E-state index contributed by atoms with van der Waals surface area (Å²) in [6.07, 6.45) is 2.41. The van der Waals surface area contributed by atoms with Crippen molar-refractivity contribution in [3.63, 3.8) is 0 Å². The SMILES string of the molecule is CCNC1CCc2cc(-c3ccccc3Br)ccc21. The molecule has 3 rings (SSSR count). The molecule has 0 aliphatic heterocycles. The molecular formula is C17H18BrN. The van der Waals surface area contributed by atoms with E-state index in [1.807, 2.05) is 0 Å². The molecule has 0 spiro atoms. The van der Waals surface area contributed by atoms with Gasteiger partial charge < -0.3 is 5.32 Å². The first kappa shape index (κ1) is 12.9. The number of halogens is 1. The van der Waals surface area contributed by atoms with Gasteiger partial charge in [0.2, 0.25) is 0 Å². The minimum absolute atomic E-state index is 0.549. The molecule has 2 aromatic carbocycles.